The molecule has 1 saturated carbocycles. The minimum Gasteiger partial charge on any atom is -0.332 e. The topological polar surface area (TPSA) is 28.7 Å². The number of hydrogen-bond donors (Lipinski definition) is 1. The van der Waals surface area contributed by atoms with Crippen LogP contribution in [0.25, 0.3) is 0 Å². The molecule has 1 heterocycles. The van der Waals surface area contributed by atoms with E-state index in [1.165, 1.54) is 37.1 Å². The molecular formula is C10H15ClN2. The quantitative estimate of drug-likeness (QED) is 0.777. The van der Waals surface area contributed by atoms with Gasteiger partial charge in [0.25, 0.3) is 0 Å². The molecule has 1 N–H and O–H groups in total. The maximum absolute atomic E-state index is 5.86. The van der Waals surface area contributed by atoms with Crippen molar-refractivity contribution in [3.63, 3.8) is 0 Å². The van der Waals surface area contributed by atoms with Crippen molar-refractivity contribution in [1.82, 2.24) is 9.97 Å². The first-order chi connectivity index (χ1) is 6.31. The monoisotopic (exact) mass is 198 g/mol. The highest BCUT2D eigenvalue weighted by Crippen LogP contribution is 2.35. The van der Waals surface area contributed by atoms with Crippen molar-refractivity contribution in [1.29, 1.82) is 0 Å². The van der Waals surface area contributed by atoms with Crippen LogP contribution in [0, 0.1) is 0 Å². The smallest absolute Gasteiger partial charge is 0.200 e. The number of H-pyrrole nitrogens is 1. The van der Waals surface area contributed by atoms with Gasteiger partial charge in [0.05, 0.1) is 5.69 Å². The summed E-state index contributed by atoms with van der Waals surface area (Å²) in [6.07, 6.45) is 6.27. The Hall–Kier alpha value is -0.500. The Bertz CT molecular complexity index is 287. The van der Waals surface area contributed by atoms with E-state index in [-0.39, 0.29) is 0 Å². The molecule has 0 aromatic carbocycles. The lowest BCUT2D eigenvalue weighted by atomic mass is 10.0. The fourth-order valence-corrected chi connectivity index (χ4v) is 2.40. The third kappa shape index (κ3) is 1.73. The van der Waals surface area contributed by atoms with Crippen molar-refractivity contribution >= 4 is 11.6 Å². The normalized spacial score (nSPS) is 18.3. The highest BCUT2D eigenvalue weighted by atomic mass is 35.5. The van der Waals surface area contributed by atoms with Crippen molar-refractivity contribution in [2.24, 2.45) is 0 Å². The number of aryl methyl sites for hydroxylation is 1. The van der Waals surface area contributed by atoms with E-state index in [0.29, 0.717) is 11.2 Å². The van der Waals surface area contributed by atoms with E-state index in [0.717, 1.165) is 6.42 Å². The summed E-state index contributed by atoms with van der Waals surface area (Å²) in [4.78, 5) is 7.50. The third-order valence-electron chi connectivity index (χ3n) is 2.88. The molecule has 0 unspecified atom stereocenters. The first-order valence-electron chi connectivity index (χ1n) is 5.05. The van der Waals surface area contributed by atoms with Crippen molar-refractivity contribution < 1.29 is 0 Å². The number of nitrogens with one attached hydrogen (secondary N) is 1. The van der Waals surface area contributed by atoms with Gasteiger partial charge in [-0.25, -0.2) is 4.98 Å². The summed E-state index contributed by atoms with van der Waals surface area (Å²) in [7, 11) is 0. The molecular weight excluding hydrogens is 184 g/mol. The largest absolute Gasteiger partial charge is 0.332 e. The molecule has 0 spiro atoms. The molecule has 0 saturated heterocycles. The molecule has 72 valence electrons. The second kappa shape index (κ2) is 3.70. The Morgan fingerprint density at radius 2 is 2.15 bits per heavy atom. The van der Waals surface area contributed by atoms with E-state index in [9.17, 15) is 0 Å². The van der Waals surface area contributed by atoms with Crippen molar-refractivity contribution in [3.05, 3.63) is 16.7 Å². The fourth-order valence-electron chi connectivity index (χ4n) is 2.20. The molecule has 0 atom stereocenters. The van der Waals surface area contributed by atoms with Crippen LogP contribution in [-0.4, -0.2) is 9.97 Å². The maximum atomic E-state index is 5.86. The first kappa shape index (κ1) is 9.07. The van der Waals surface area contributed by atoms with Crippen LogP contribution in [0.4, 0.5) is 0 Å². The van der Waals surface area contributed by atoms with E-state index in [2.05, 4.69) is 16.9 Å². The molecule has 1 fully saturated rings. The molecule has 13 heavy (non-hydrogen) atoms. The zero-order valence-corrected chi connectivity index (χ0v) is 8.69. The van der Waals surface area contributed by atoms with Gasteiger partial charge in [-0.05, 0) is 30.9 Å². The Morgan fingerprint density at radius 1 is 1.46 bits per heavy atom. The van der Waals surface area contributed by atoms with Crippen LogP contribution in [0.5, 0.6) is 0 Å². The van der Waals surface area contributed by atoms with Gasteiger partial charge in [-0.15, -0.1) is 0 Å². The zero-order chi connectivity index (χ0) is 9.26. The Kier molecular flexibility index (Phi) is 2.58. The van der Waals surface area contributed by atoms with Gasteiger partial charge in [0.1, 0.15) is 0 Å². The van der Waals surface area contributed by atoms with Crippen LogP contribution in [-0.2, 0) is 6.42 Å². The lowest BCUT2D eigenvalue weighted by Crippen LogP contribution is -1.97. The molecule has 0 radical (unpaired) electrons. The summed E-state index contributed by atoms with van der Waals surface area (Å²) in [6, 6.07) is 0. The van der Waals surface area contributed by atoms with Crippen LogP contribution < -0.4 is 0 Å². The maximum Gasteiger partial charge on any atom is 0.200 e. The van der Waals surface area contributed by atoms with Gasteiger partial charge in [0.15, 0.2) is 5.28 Å². The van der Waals surface area contributed by atoms with Gasteiger partial charge in [-0.1, -0.05) is 19.8 Å². The summed E-state index contributed by atoms with van der Waals surface area (Å²) >= 11 is 5.86. The molecule has 1 aromatic rings. The predicted molar refractivity (Wildman–Crippen MR) is 54.2 cm³/mol. The lowest BCUT2D eigenvalue weighted by molar-refractivity contribution is 0.691. The Labute approximate surface area is 83.7 Å². The third-order valence-corrected chi connectivity index (χ3v) is 3.06. The van der Waals surface area contributed by atoms with Crippen molar-refractivity contribution in [2.45, 2.75) is 44.9 Å². The van der Waals surface area contributed by atoms with Crippen LogP contribution in [0.15, 0.2) is 0 Å². The zero-order valence-electron chi connectivity index (χ0n) is 7.94. The van der Waals surface area contributed by atoms with E-state index < -0.39 is 0 Å². The van der Waals surface area contributed by atoms with Gasteiger partial charge in [-0.3, -0.25) is 0 Å². The highest BCUT2D eigenvalue weighted by molar-refractivity contribution is 6.28. The summed E-state index contributed by atoms with van der Waals surface area (Å²) in [6.45, 7) is 2.14. The van der Waals surface area contributed by atoms with Crippen LogP contribution in [0.2, 0.25) is 5.28 Å². The molecule has 2 rings (SSSR count). The number of halogens is 1. The van der Waals surface area contributed by atoms with Gasteiger partial charge in [-0.2, -0.15) is 0 Å². The van der Waals surface area contributed by atoms with E-state index in [4.69, 9.17) is 11.6 Å². The second-order valence-electron chi connectivity index (χ2n) is 3.73. The van der Waals surface area contributed by atoms with E-state index in [1.807, 2.05) is 0 Å². The van der Waals surface area contributed by atoms with Gasteiger partial charge in [0, 0.05) is 11.6 Å². The molecule has 2 nitrogen and oxygen atoms in total. The number of imidazole rings is 1. The summed E-state index contributed by atoms with van der Waals surface area (Å²) in [5.74, 6) is 0.665. The van der Waals surface area contributed by atoms with Crippen molar-refractivity contribution in [2.75, 3.05) is 0 Å². The summed E-state index contributed by atoms with van der Waals surface area (Å²) < 4.78 is 0. The van der Waals surface area contributed by atoms with Gasteiger partial charge in [0.2, 0.25) is 0 Å². The molecule has 3 heteroatoms. The number of aromatic nitrogens is 2. The van der Waals surface area contributed by atoms with Gasteiger partial charge < -0.3 is 4.98 Å². The average Bonchev–Trinajstić information content (AvgIpc) is 2.71. The summed E-state index contributed by atoms with van der Waals surface area (Å²) in [5.41, 5.74) is 2.46. The minimum atomic E-state index is 0.554. The SMILES string of the molecule is CCc1[nH]c(Cl)nc1C1CCCC1. The second-order valence-corrected chi connectivity index (χ2v) is 4.08. The van der Waals surface area contributed by atoms with Crippen LogP contribution in [0.1, 0.15) is 49.9 Å². The number of rotatable bonds is 2. The van der Waals surface area contributed by atoms with E-state index >= 15 is 0 Å². The molecule has 0 bridgehead atoms. The molecule has 0 aliphatic heterocycles. The number of hydrogen-bond acceptors (Lipinski definition) is 1. The minimum absolute atomic E-state index is 0.554. The van der Waals surface area contributed by atoms with Crippen LogP contribution >= 0.6 is 11.6 Å². The number of nitrogens with zero attached hydrogens (tertiary/aromatic N) is 1. The standard InChI is InChI=1S/C10H15ClN2/c1-2-8-9(13-10(11)12-8)7-5-3-4-6-7/h7H,2-6H2,1H3,(H,12,13). The summed E-state index contributed by atoms with van der Waals surface area (Å²) in [5, 5.41) is 0.554. The molecule has 1 aromatic heterocycles. The van der Waals surface area contributed by atoms with E-state index in [1.54, 1.807) is 0 Å². The first-order valence-corrected chi connectivity index (χ1v) is 5.43. The van der Waals surface area contributed by atoms with Crippen LogP contribution in [0.3, 0.4) is 0 Å². The fraction of sp³-hybridized carbons (Fsp3) is 0.700. The Morgan fingerprint density at radius 3 is 2.77 bits per heavy atom. The average molecular weight is 199 g/mol. The lowest BCUT2D eigenvalue weighted by Gasteiger charge is -2.06. The predicted octanol–water partition coefficient (Wildman–Crippen LogP) is 3.28. The van der Waals surface area contributed by atoms with Gasteiger partial charge >= 0.3 is 0 Å². The Balaban J connectivity index is 2.26. The molecule has 1 aliphatic carbocycles. The van der Waals surface area contributed by atoms with Crippen molar-refractivity contribution in [3.8, 4) is 0 Å². The molecule has 0 amide bonds. The highest BCUT2D eigenvalue weighted by Gasteiger charge is 2.22. The molecule has 1 aliphatic rings. The number of aromatic amines is 1.